The van der Waals surface area contributed by atoms with Crippen LogP contribution in [0.2, 0.25) is 0 Å². The molecule has 0 spiro atoms. The summed E-state index contributed by atoms with van der Waals surface area (Å²) in [6, 6.07) is 7.55. The highest BCUT2D eigenvalue weighted by atomic mass is 79.9. The third-order valence-electron chi connectivity index (χ3n) is 3.16. The largest absolute Gasteiger partial charge is 0.464 e. The number of ether oxygens (including phenoxy) is 1. The third-order valence-corrected chi connectivity index (χ3v) is 3.59. The number of nitrogens with zero attached hydrogens (tertiary/aromatic N) is 1. The zero-order valence-corrected chi connectivity index (χ0v) is 13.8. The lowest BCUT2D eigenvalue weighted by Gasteiger charge is -2.18. The lowest BCUT2D eigenvalue weighted by atomic mass is 10.1. The summed E-state index contributed by atoms with van der Waals surface area (Å²) in [5, 5.41) is 4.30. The molecule has 0 saturated carbocycles. The maximum atomic E-state index is 12.0. The van der Waals surface area contributed by atoms with E-state index in [1.165, 1.54) is 0 Å². The number of rotatable bonds is 6. The smallest absolute Gasteiger partial charge is 0.328 e. The van der Waals surface area contributed by atoms with Crippen molar-refractivity contribution in [2.45, 2.75) is 32.7 Å². The number of anilines is 1. The van der Waals surface area contributed by atoms with E-state index in [0.29, 0.717) is 6.61 Å². The van der Waals surface area contributed by atoms with Crippen LogP contribution in [-0.4, -0.2) is 23.6 Å². The molecule has 1 unspecified atom stereocenters. The van der Waals surface area contributed by atoms with E-state index in [1.807, 2.05) is 38.1 Å². The average molecular weight is 351 g/mol. The first-order valence-corrected chi connectivity index (χ1v) is 7.92. The van der Waals surface area contributed by atoms with Crippen LogP contribution >= 0.6 is 15.9 Å². The van der Waals surface area contributed by atoms with E-state index in [2.05, 4.69) is 26.2 Å². The Balaban J connectivity index is 2.30. The Morgan fingerprint density at radius 2 is 2.24 bits per heavy atom. The van der Waals surface area contributed by atoms with Gasteiger partial charge in [0.25, 0.3) is 0 Å². The summed E-state index contributed by atoms with van der Waals surface area (Å²) in [6.07, 6.45) is 3.39. The fourth-order valence-electron chi connectivity index (χ4n) is 2.22. The highest BCUT2D eigenvalue weighted by molar-refractivity contribution is 9.10. The third kappa shape index (κ3) is 3.94. The van der Waals surface area contributed by atoms with Crippen molar-refractivity contribution < 1.29 is 9.53 Å². The summed E-state index contributed by atoms with van der Waals surface area (Å²) in [6.45, 7) is 4.26. The number of pyridine rings is 1. The monoisotopic (exact) mass is 350 g/mol. The molecule has 112 valence electrons. The fourth-order valence-corrected chi connectivity index (χ4v) is 2.57. The first kappa shape index (κ1) is 15.8. The molecule has 21 heavy (non-hydrogen) atoms. The van der Waals surface area contributed by atoms with Gasteiger partial charge in [-0.2, -0.15) is 0 Å². The quantitative estimate of drug-likeness (QED) is 0.795. The minimum atomic E-state index is -0.342. The average Bonchev–Trinajstić information content (AvgIpc) is 2.47. The number of hydrogen-bond acceptors (Lipinski definition) is 4. The van der Waals surface area contributed by atoms with E-state index in [1.54, 1.807) is 6.20 Å². The van der Waals surface area contributed by atoms with Gasteiger partial charge in [0.1, 0.15) is 6.04 Å². The van der Waals surface area contributed by atoms with E-state index in [9.17, 15) is 4.79 Å². The molecule has 0 amide bonds. The van der Waals surface area contributed by atoms with E-state index < -0.39 is 0 Å². The van der Waals surface area contributed by atoms with Crippen molar-refractivity contribution in [3.63, 3.8) is 0 Å². The Morgan fingerprint density at radius 1 is 1.43 bits per heavy atom. The minimum Gasteiger partial charge on any atom is -0.464 e. The van der Waals surface area contributed by atoms with E-state index in [-0.39, 0.29) is 12.0 Å². The summed E-state index contributed by atoms with van der Waals surface area (Å²) >= 11 is 3.42. The first-order valence-electron chi connectivity index (χ1n) is 7.13. The molecule has 1 aromatic heterocycles. The normalized spacial score (nSPS) is 12.1. The van der Waals surface area contributed by atoms with Gasteiger partial charge in [-0.1, -0.05) is 25.5 Å². The molecule has 0 saturated heterocycles. The van der Waals surface area contributed by atoms with Crippen LogP contribution in [0.3, 0.4) is 0 Å². The molecule has 0 aliphatic carbocycles. The van der Waals surface area contributed by atoms with Crippen LogP contribution in [0.15, 0.2) is 34.9 Å². The van der Waals surface area contributed by atoms with Crippen LogP contribution in [0, 0.1) is 0 Å². The van der Waals surface area contributed by atoms with Crippen molar-refractivity contribution in [1.82, 2.24) is 4.98 Å². The number of halogens is 1. The topological polar surface area (TPSA) is 51.2 Å². The standard InChI is InChI=1S/C16H19BrN2O2/c1-3-6-14(16(20)21-4-2)19-13-8-5-7-11-9-12(17)10-18-15(11)13/h5,7-10,14,19H,3-4,6H2,1-2H3. The summed E-state index contributed by atoms with van der Waals surface area (Å²) in [7, 11) is 0. The Kier molecular flexibility index (Phi) is 5.56. The molecule has 1 N–H and O–H groups in total. The number of aromatic nitrogens is 1. The van der Waals surface area contributed by atoms with Gasteiger partial charge >= 0.3 is 5.97 Å². The van der Waals surface area contributed by atoms with Gasteiger partial charge in [0.2, 0.25) is 0 Å². The van der Waals surface area contributed by atoms with Crippen LogP contribution in [0.5, 0.6) is 0 Å². The van der Waals surface area contributed by atoms with Crippen LogP contribution in [0.4, 0.5) is 5.69 Å². The van der Waals surface area contributed by atoms with Gasteiger partial charge in [-0.3, -0.25) is 4.98 Å². The van der Waals surface area contributed by atoms with Crippen molar-refractivity contribution in [1.29, 1.82) is 0 Å². The van der Waals surface area contributed by atoms with Gasteiger partial charge in [0, 0.05) is 16.1 Å². The van der Waals surface area contributed by atoms with Crippen LogP contribution < -0.4 is 5.32 Å². The zero-order chi connectivity index (χ0) is 15.2. The van der Waals surface area contributed by atoms with E-state index in [0.717, 1.165) is 33.9 Å². The molecule has 2 aromatic rings. The molecule has 0 fully saturated rings. The van der Waals surface area contributed by atoms with Crippen molar-refractivity contribution in [2.75, 3.05) is 11.9 Å². The Labute approximate surface area is 133 Å². The molecule has 1 atom stereocenters. The molecule has 0 bridgehead atoms. The van der Waals surface area contributed by atoms with E-state index in [4.69, 9.17) is 4.74 Å². The van der Waals surface area contributed by atoms with Crippen molar-refractivity contribution in [2.24, 2.45) is 0 Å². The number of carbonyl (C=O) groups is 1. The SMILES string of the molecule is CCCC(Nc1cccc2cc(Br)cnc12)C(=O)OCC. The molecule has 2 rings (SSSR count). The molecular weight excluding hydrogens is 332 g/mol. The Morgan fingerprint density at radius 3 is 2.95 bits per heavy atom. The van der Waals surface area contributed by atoms with Gasteiger partial charge < -0.3 is 10.1 Å². The molecule has 1 heterocycles. The number of esters is 1. The second-order valence-corrected chi connectivity index (χ2v) is 5.68. The molecule has 0 aliphatic rings. The van der Waals surface area contributed by atoms with Gasteiger partial charge in [0.15, 0.2) is 0 Å². The fraction of sp³-hybridized carbons (Fsp3) is 0.375. The highest BCUT2D eigenvalue weighted by Crippen LogP contribution is 2.25. The molecule has 0 aliphatic heterocycles. The van der Waals surface area contributed by atoms with Crippen LogP contribution in [0.25, 0.3) is 10.9 Å². The summed E-state index contributed by atoms with van der Waals surface area (Å²) in [4.78, 5) is 16.5. The van der Waals surface area contributed by atoms with Gasteiger partial charge in [-0.15, -0.1) is 0 Å². The lowest BCUT2D eigenvalue weighted by Crippen LogP contribution is -2.31. The molecule has 4 nitrogen and oxygen atoms in total. The van der Waals surface area contributed by atoms with Gasteiger partial charge in [0.05, 0.1) is 17.8 Å². The predicted molar refractivity (Wildman–Crippen MR) is 88.4 cm³/mol. The van der Waals surface area contributed by atoms with Crippen molar-refractivity contribution >= 4 is 38.5 Å². The maximum Gasteiger partial charge on any atom is 0.328 e. The Bertz CT molecular complexity index is 631. The van der Waals surface area contributed by atoms with Gasteiger partial charge in [-0.05, 0) is 41.4 Å². The zero-order valence-electron chi connectivity index (χ0n) is 12.2. The second-order valence-electron chi connectivity index (χ2n) is 4.77. The maximum absolute atomic E-state index is 12.0. The number of carbonyl (C=O) groups excluding carboxylic acids is 1. The molecule has 0 radical (unpaired) electrons. The number of nitrogens with one attached hydrogen (secondary N) is 1. The summed E-state index contributed by atoms with van der Waals surface area (Å²) in [5.74, 6) is -0.214. The molecule has 5 heteroatoms. The number of para-hydroxylation sites is 1. The molecule has 1 aromatic carbocycles. The number of hydrogen-bond donors (Lipinski definition) is 1. The van der Waals surface area contributed by atoms with Crippen LogP contribution in [-0.2, 0) is 9.53 Å². The number of benzene rings is 1. The first-order chi connectivity index (χ1) is 10.2. The van der Waals surface area contributed by atoms with Gasteiger partial charge in [-0.25, -0.2) is 4.79 Å². The Hall–Kier alpha value is -1.62. The van der Waals surface area contributed by atoms with Crippen molar-refractivity contribution in [3.8, 4) is 0 Å². The predicted octanol–water partition coefficient (Wildman–Crippen LogP) is 4.14. The summed E-state index contributed by atoms with van der Waals surface area (Å²) in [5.41, 5.74) is 1.71. The second kappa shape index (κ2) is 7.41. The highest BCUT2D eigenvalue weighted by Gasteiger charge is 2.19. The molecular formula is C16H19BrN2O2. The number of fused-ring (bicyclic) bond motifs is 1. The minimum absolute atomic E-state index is 0.214. The van der Waals surface area contributed by atoms with E-state index >= 15 is 0 Å². The van der Waals surface area contributed by atoms with Crippen LogP contribution in [0.1, 0.15) is 26.7 Å². The van der Waals surface area contributed by atoms with Crippen molar-refractivity contribution in [3.05, 3.63) is 34.9 Å². The lowest BCUT2D eigenvalue weighted by molar-refractivity contribution is -0.144. The summed E-state index contributed by atoms with van der Waals surface area (Å²) < 4.78 is 6.06.